The summed E-state index contributed by atoms with van der Waals surface area (Å²) in [6.07, 6.45) is 2.15. The minimum Gasteiger partial charge on any atom is -0.392 e. The Bertz CT molecular complexity index is 601. The van der Waals surface area contributed by atoms with Gasteiger partial charge in [0.15, 0.2) is 0 Å². The number of hydrogen-bond acceptors (Lipinski definition) is 4. The fourth-order valence-electron chi connectivity index (χ4n) is 2.79. The molecular weight excluding hydrogens is 288 g/mol. The lowest BCUT2D eigenvalue weighted by Crippen LogP contribution is -2.39. The number of rotatable bonds is 5. The average Bonchev–Trinajstić information content (AvgIpc) is 2.84. The molecule has 1 saturated heterocycles. The van der Waals surface area contributed by atoms with Crippen molar-refractivity contribution in [1.82, 2.24) is 9.21 Å². The largest absolute Gasteiger partial charge is 0.392 e. The zero-order valence-electron chi connectivity index (χ0n) is 12.9. The van der Waals surface area contributed by atoms with Gasteiger partial charge in [-0.05, 0) is 50.6 Å². The molecular formula is C15H24N2O3S. The second kappa shape index (κ2) is 6.44. The van der Waals surface area contributed by atoms with Crippen LogP contribution < -0.4 is 0 Å². The van der Waals surface area contributed by atoms with Crippen LogP contribution in [-0.2, 0) is 16.6 Å². The Balaban J connectivity index is 2.24. The first-order chi connectivity index (χ1) is 9.86. The minimum absolute atomic E-state index is 0.155. The van der Waals surface area contributed by atoms with Crippen LogP contribution in [0.15, 0.2) is 23.1 Å². The lowest BCUT2D eigenvalue weighted by molar-refractivity contribution is 0.271. The van der Waals surface area contributed by atoms with Gasteiger partial charge < -0.3 is 10.0 Å². The number of benzene rings is 1. The lowest BCUT2D eigenvalue weighted by Gasteiger charge is -2.26. The quantitative estimate of drug-likeness (QED) is 0.887. The monoisotopic (exact) mass is 312 g/mol. The molecule has 2 rings (SSSR count). The number of likely N-dealkylation sites (tertiary alicyclic amines) is 1. The van der Waals surface area contributed by atoms with Crippen molar-refractivity contribution >= 4 is 10.0 Å². The van der Waals surface area contributed by atoms with Crippen LogP contribution in [0.25, 0.3) is 0 Å². The molecule has 1 N–H and O–H groups in total. The third-order valence-electron chi connectivity index (χ3n) is 4.26. The first-order valence-corrected chi connectivity index (χ1v) is 8.67. The standard InChI is InChI=1S/C15H24N2O3S/c1-12-6-7-13(11-18)9-15(12)21(19,20)17(3)10-14-5-4-8-16(14)2/h6-7,9,14,18H,4-5,8,10-11H2,1-3H3. The molecule has 21 heavy (non-hydrogen) atoms. The third-order valence-corrected chi connectivity index (χ3v) is 6.23. The summed E-state index contributed by atoms with van der Waals surface area (Å²) in [5.74, 6) is 0. The fourth-order valence-corrected chi connectivity index (χ4v) is 4.27. The molecule has 1 fully saturated rings. The van der Waals surface area contributed by atoms with E-state index in [0.717, 1.165) is 19.4 Å². The maximum atomic E-state index is 12.7. The predicted octanol–water partition coefficient (Wildman–Crippen LogP) is 1.20. The summed E-state index contributed by atoms with van der Waals surface area (Å²) < 4.78 is 26.9. The molecule has 1 unspecified atom stereocenters. The van der Waals surface area contributed by atoms with Gasteiger partial charge in [0.1, 0.15) is 0 Å². The van der Waals surface area contributed by atoms with E-state index < -0.39 is 10.0 Å². The zero-order valence-corrected chi connectivity index (χ0v) is 13.7. The van der Waals surface area contributed by atoms with Gasteiger partial charge in [-0.2, -0.15) is 4.31 Å². The summed E-state index contributed by atoms with van der Waals surface area (Å²) in [7, 11) is 0.151. The molecule has 0 saturated carbocycles. The Kier molecular flexibility index (Phi) is 5.03. The van der Waals surface area contributed by atoms with Crippen molar-refractivity contribution in [3.8, 4) is 0 Å². The molecule has 0 aromatic heterocycles. The van der Waals surface area contributed by atoms with Crippen molar-refractivity contribution in [3.63, 3.8) is 0 Å². The normalized spacial score (nSPS) is 20.3. The van der Waals surface area contributed by atoms with E-state index in [1.165, 1.54) is 4.31 Å². The Hall–Kier alpha value is -0.950. The van der Waals surface area contributed by atoms with Crippen LogP contribution in [0.4, 0.5) is 0 Å². The number of likely N-dealkylation sites (N-methyl/N-ethyl adjacent to an activating group) is 2. The molecule has 1 aliphatic rings. The van der Waals surface area contributed by atoms with Crippen molar-refractivity contribution in [2.24, 2.45) is 0 Å². The van der Waals surface area contributed by atoms with E-state index in [0.29, 0.717) is 17.7 Å². The number of hydrogen-bond donors (Lipinski definition) is 1. The molecule has 5 nitrogen and oxygen atoms in total. The zero-order chi connectivity index (χ0) is 15.6. The van der Waals surface area contributed by atoms with Gasteiger partial charge in [-0.15, -0.1) is 0 Å². The van der Waals surface area contributed by atoms with Gasteiger partial charge in [-0.3, -0.25) is 0 Å². The molecule has 0 amide bonds. The molecule has 6 heteroatoms. The van der Waals surface area contributed by atoms with Gasteiger partial charge in [0, 0.05) is 19.6 Å². The molecule has 0 aliphatic carbocycles. The summed E-state index contributed by atoms with van der Waals surface area (Å²) in [5.41, 5.74) is 1.32. The second-order valence-corrected chi connectivity index (χ2v) is 7.83. The van der Waals surface area contributed by atoms with Crippen LogP contribution in [0.2, 0.25) is 0 Å². The van der Waals surface area contributed by atoms with Gasteiger partial charge in [-0.25, -0.2) is 8.42 Å². The highest BCUT2D eigenvalue weighted by Crippen LogP contribution is 2.23. The summed E-state index contributed by atoms with van der Waals surface area (Å²) in [4.78, 5) is 2.50. The van der Waals surface area contributed by atoms with Crippen molar-refractivity contribution in [1.29, 1.82) is 0 Å². The Morgan fingerprint density at radius 1 is 1.43 bits per heavy atom. The highest BCUT2D eigenvalue weighted by Gasteiger charge is 2.29. The van der Waals surface area contributed by atoms with Gasteiger partial charge in [0.2, 0.25) is 10.0 Å². The van der Waals surface area contributed by atoms with E-state index in [9.17, 15) is 13.5 Å². The number of sulfonamides is 1. The van der Waals surface area contributed by atoms with Crippen LogP contribution in [0.5, 0.6) is 0 Å². The number of aliphatic hydroxyl groups excluding tert-OH is 1. The SMILES string of the molecule is Cc1ccc(CO)cc1S(=O)(=O)N(C)CC1CCCN1C. The number of nitrogens with zero attached hydrogens (tertiary/aromatic N) is 2. The maximum Gasteiger partial charge on any atom is 0.243 e. The molecule has 1 aromatic carbocycles. The van der Waals surface area contributed by atoms with Crippen molar-refractivity contribution in [3.05, 3.63) is 29.3 Å². The van der Waals surface area contributed by atoms with Crippen LogP contribution in [-0.4, -0.2) is 56.0 Å². The molecule has 1 atom stereocenters. The van der Waals surface area contributed by atoms with E-state index in [1.54, 1.807) is 32.2 Å². The van der Waals surface area contributed by atoms with E-state index in [2.05, 4.69) is 4.90 Å². The van der Waals surface area contributed by atoms with Gasteiger partial charge in [0.25, 0.3) is 0 Å². The van der Waals surface area contributed by atoms with Crippen LogP contribution in [0, 0.1) is 6.92 Å². The van der Waals surface area contributed by atoms with Gasteiger partial charge in [0.05, 0.1) is 11.5 Å². The van der Waals surface area contributed by atoms with Crippen LogP contribution in [0.3, 0.4) is 0 Å². The second-order valence-electron chi connectivity index (χ2n) is 5.82. The van der Waals surface area contributed by atoms with Crippen LogP contribution >= 0.6 is 0 Å². The topological polar surface area (TPSA) is 60.9 Å². The minimum atomic E-state index is -3.52. The van der Waals surface area contributed by atoms with Crippen molar-refractivity contribution < 1.29 is 13.5 Å². The lowest BCUT2D eigenvalue weighted by atomic mass is 10.2. The Morgan fingerprint density at radius 3 is 2.71 bits per heavy atom. The van der Waals surface area contributed by atoms with Crippen LogP contribution in [0.1, 0.15) is 24.0 Å². The van der Waals surface area contributed by atoms with Crippen molar-refractivity contribution in [2.45, 2.75) is 37.3 Å². The molecule has 1 aromatic rings. The number of aryl methyl sites for hydroxylation is 1. The first kappa shape index (κ1) is 16.4. The molecule has 0 spiro atoms. The van der Waals surface area contributed by atoms with E-state index >= 15 is 0 Å². The summed E-state index contributed by atoms with van der Waals surface area (Å²) in [6, 6.07) is 5.35. The van der Waals surface area contributed by atoms with E-state index in [1.807, 2.05) is 7.05 Å². The Morgan fingerprint density at radius 2 is 2.14 bits per heavy atom. The smallest absolute Gasteiger partial charge is 0.243 e. The molecule has 0 radical (unpaired) electrons. The van der Waals surface area contributed by atoms with E-state index in [-0.39, 0.29) is 17.5 Å². The fraction of sp³-hybridized carbons (Fsp3) is 0.600. The average molecular weight is 312 g/mol. The first-order valence-electron chi connectivity index (χ1n) is 7.23. The highest BCUT2D eigenvalue weighted by atomic mass is 32.2. The summed E-state index contributed by atoms with van der Waals surface area (Å²) in [5, 5.41) is 9.21. The Labute approximate surface area is 127 Å². The van der Waals surface area contributed by atoms with Crippen molar-refractivity contribution in [2.75, 3.05) is 27.2 Å². The van der Waals surface area contributed by atoms with Gasteiger partial charge >= 0.3 is 0 Å². The number of aliphatic hydroxyl groups is 1. The summed E-state index contributed by atoms with van der Waals surface area (Å²) >= 11 is 0. The molecule has 1 heterocycles. The van der Waals surface area contributed by atoms with Gasteiger partial charge in [-0.1, -0.05) is 12.1 Å². The third kappa shape index (κ3) is 3.45. The summed E-state index contributed by atoms with van der Waals surface area (Å²) in [6.45, 7) is 3.15. The molecule has 0 bridgehead atoms. The van der Waals surface area contributed by atoms with E-state index in [4.69, 9.17) is 0 Å². The molecule has 1 aliphatic heterocycles. The maximum absolute atomic E-state index is 12.7. The molecule has 118 valence electrons. The highest BCUT2D eigenvalue weighted by molar-refractivity contribution is 7.89. The predicted molar refractivity (Wildman–Crippen MR) is 82.6 cm³/mol.